The SMILES string of the molecule is Cn1ccc(NC(=O)[C@H]2CC(=O)N(c3ccccc3Cl)C2)n1. The second-order valence-corrected chi connectivity index (χ2v) is 5.63. The molecule has 3 rings (SSSR count). The maximum absolute atomic E-state index is 12.3. The molecule has 0 saturated carbocycles. The van der Waals surface area contributed by atoms with Crippen molar-refractivity contribution in [2.24, 2.45) is 13.0 Å². The minimum atomic E-state index is -0.411. The number of carbonyl (C=O) groups is 2. The third-order valence-electron chi connectivity index (χ3n) is 3.60. The minimum Gasteiger partial charge on any atom is -0.310 e. The summed E-state index contributed by atoms with van der Waals surface area (Å²) in [6, 6.07) is 8.83. The number of nitrogens with zero attached hydrogens (tertiary/aromatic N) is 3. The molecule has 7 heteroatoms. The van der Waals surface area contributed by atoms with Crippen LogP contribution in [0.2, 0.25) is 5.02 Å². The topological polar surface area (TPSA) is 67.2 Å². The Bertz CT molecular complexity index is 728. The van der Waals surface area contributed by atoms with E-state index in [0.717, 1.165) is 0 Å². The van der Waals surface area contributed by atoms with Crippen LogP contribution in [-0.4, -0.2) is 28.1 Å². The minimum absolute atomic E-state index is 0.103. The van der Waals surface area contributed by atoms with Crippen LogP contribution < -0.4 is 10.2 Å². The monoisotopic (exact) mass is 318 g/mol. The molecule has 2 amide bonds. The van der Waals surface area contributed by atoms with E-state index in [2.05, 4.69) is 10.4 Å². The van der Waals surface area contributed by atoms with Crippen molar-refractivity contribution in [1.29, 1.82) is 0 Å². The van der Waals surface area contributed by atoms with E-state index < -0.39 is 5.92 Å². The van der Waals surface area contributed by atoms with E-state index >= 15 is 0 Å². The molecule has 0 bridgehead atoms. The molecule has 1 N–H and O–H groups in total. The van der Waals surface area contributed by atoms with Crippen LogP contribution in [0.5, 0.6) is 0 Å². The van der Waals surface area contributed by atoms with Crippen LogP contribution in [0.25, 0.3) is 0 Å². The van der Waals surface area contributed by atoms with Crippen LogP contribution >= 0.6 is 11.6 Å². The Morgan fingerprint density at radius 2 is 2.14 bits per heavy atom. The number of aromatic nitrogens is 2. The largest absolute Gasteiger partial charge is 0.310 e. The van der Waals surface area contributed by atoms with Crippen molar-refractivity contribution in [3.05, 3.63) is 41.6 Å². The van der Waals surface area contributed by atoms with Crippen molar-refractivity contribution in [3.63, 3.8) is 0 Å². The number of anilines is 2. The number of amides is 2. The summed E-state index contributed by atoms with van der Waals surface area (Å²) in [6.07, 6.45) is 1.91. The number of halogens is 1. The Labute approximate surface area is 132 Å². The molecule has 114 valence electrons. The summed E-state index contributed by atoms with van der Waals surface area (Å²) < 4.78 is 1.60. The Morgan fingerprint density at radius 3 is 2.82 bits per heavy atom. The Hall–Kier alpha value is -2.34. The molecule has 0 radical (unpaired) electrons. The Morgan fingerprint density at radius 1 is 1.36 bits per heavy atom. The van der Waals surface area contributed by atoms with Gasteiger partial charge in [0.2, 0.25) is 11.8 Å². The zero-order valence-electron chi connectivity index (χ0n) is 12.0. The third-order valence-corrected chi connectivity index (χ3v) is 3.92. The lowest BCUT2D eigenvalue weighted by atomic mass is 10.1. The summed E-state index contributed by atoms with van der Waals surface area (Å²) in [7, 11) is 1.77. The van der Waals surface area contributed by atoms with Crippen LogP contribution in [0.3, 0.4) is 0 Å². The second-order valence-electron chi connectivity index (χ2n) is 5.22. The first-order valence-electron chi connectivity index (χ1n) is 6.90. The molecular weight excluding hydrogens is 304 g/mol. The second kappa shape index (κ2) is 5.81. The fourth-order valence-corrected chi connectivity index (χ4v) is 2.73. The number of para-hydroxylation sites is 1. The van der Waals surface area contributed by atoms with Crippen LogP contribution in [0, 0.1) is 5.92 Å². The number of benzene rings is 1. The standard InChI is InChI=1S/C15H15ClN4O2/c1-19-7-6-13(18-19)17-15(22)10-8-14(21)20(9-10)12-5-3-2-4-11(12)16/h2-7,10H,8-9H2,1H3,(H,17,18,22)/t10-/m0/s1. The van der Waals surface area contributed by atoms with Crippen LogP contribution in [0.15, 0.2) is 36.5 Å². The van der Waals surface area contributed by atoms with E-state index in [9.17, 15) is 9.59 Å². The molecule has 1 atom stereocenters. The average molecular weight is 319 g/mol. The smallest absolute Gasteiger partial charge is 0.231 e. The fraction of sp³-hybridized carbons (Fsp3) is 0.267. The van der Waals surface area contributed by atoms with Gasteiger partial charge in [-0.15, -0.1) is 0 Å². The van der Waals surface area contributed by atoms with Gasteiger partial charge in [-0.05, 0) is 12.1 Å². The van der Waals surface area contributed by atoms with Gasteiger partial charge in [0.1, 0.15) is 0 Å². The summed E-state index contributed by atoms with van der Waals surface area (Å²) in [5.74, 6) is -0.238. The van der Waals surface area contributed by atoms with Crippen LogP contribution in [0.1, 0.15) is 6.42 Å². The summed E-state index contributed by atoms with van der Waals surface area (Å²) in [6.45, 7) is 0.321. The van der Waals surface area contributed by atoms with Gasteiger partial charge in [0.15, 0.2) is 5.82 Å². The van der Waals surface area contributed by atoms with Gasteiger partial charge in [0.25, 0.3) is 0 Å². The molecule has 0 spiro atoms. The number of hydrogen-bond acceptors (Lipinski definition) is 3. The maximum atomic E-state index is 12.3. The fourth-order valence-electron chi connectivity index (χ4n) is 2.50. The lowest BCUT2D eigenvalue weighted by Crippen LogP contribution is -2.28. The average Bonchev–Trinajstić information content (AvgIpc) is 3.06. The highest BCUT2D eigenvalue weighted by atomic mass is 35.5. The predicted molar refractivity (Wildman–Crippen MR) is 83.7 cm³/mol. The molecule has 2 aromatic rings. The number of nitrogens with one attached hydrogen (secondary N) is 1. The van der Waals surface area contributed by atoms with E-state index in [4.69, 9.17) is 11.6 Å². The van der Waals surface area contributed by atoms with E-state index in [0.29, 0.717) is 23.1 Å². The van der Waals surface area contributed by atoms with Crippen molar-refractivity contribution in [2.75, 3.05) is 16.8 Å². The number of hydrogen-bond donors (Lipinski definition) is 1. The zero-order valence-corrected chi connectivity index (χ0v) is 12.7. The Kier molecular flexibility index (Phi) is 3.85. The first-order valence-corrected chi connectivity index (χ1v) is 7.28. The summed E-state index contributed by atoms with van der Waals surface area (Å²) >= 11 is 6.12. The van der Waals surface area contributed by atoms with Crippen LogP contribution in [-0.2, 0) is 16.6 Å². The van der Waals surface area contributed by atoms with Crippen molar-refractivity contribution in [1.82, 2.24) is 9.78 Å². The van der Waals surface area contributed by atoms with E-state index in [-0.39, 0.29) is 18.2 Å². The Balaban J connectivity index is 1.71. The van der Waals surface area contributed by atoms with Gasteiger partial charge in [0, 0.05) is 32.3 Å². The number of carbonyl (C=O) groups excluding carboxylic acids is 2. The van der Waals surface area contributed by atoms with E-state index in [1.807, 2.05) is 6.07 Å². The first-order chi connectivity index (χ1) is 10.5. The van der Waals surface area contributed by atoms with Gasteiger partial charge >= 0.3 is 0 Å². The molecule has 1 saturated heterocycles. The molecule has 1 aromatic carbocycles. The summed E-state index contributed by atoms with van der Waals surface area (Å²) in [5, 5.41) is 7.33. The number of aryl methyl sites for hydroxylation is 1. The highest BCUT2D eigenvalue weighted by Crippen LogP contribution is 2.31. The molecule has 0 unspecified atom stereocenters. The molecular formula is C15H15ClN4O2. The molecule has 1 fully saturated rings. The first kappa shape index (κ1) is 14.6. The lowest BCUT2D eigenvalue weighted by molar-refractivity contribution is -0.122. The molecule has 6 nitrogen and oxygen atoms in total. The number of rotatable bonds is 3. The zero-order chi connectivity index (χ0) is 15.7. The normalized spacial score (nSPS) is 17.8. The van der Waals surface area contributed by atoms with Crippen molar-refractivity contribution < 1.29 is 9.59 Å². The van der Waals surface area contributed by atoms with Gasteiger partial charge in [-0.25, -0.2) is 0 Å². The van der Waals surface area contributed by atoms with Gasteiger partial charge in [-0.1, -0.05) is 23.7 Å². The van der Waals surface area contributed by atoms with Gasteiger partial charge in [0.05, 0.1) is 16.6 Å². The van der Waals surface area contributed by atoms with Gasteiger partial charge in [-0.2, -0.15) is 5.10 Å². The van der Waals surface area contributed by atoms with Crippen molar-refractivity contribution >= 4 is 34.9 Å². The van der Waals surface area contributed by atoms with Gasteiger partial charge in [-0.3, -0.25) is 14.3 Å². The summed E-state index contributed by atoms with van der Waals surface area (Å²) in [4.78, 5) is 26.0. The van der Waals surface area contributed by atoms with E-state index in [1.54, 1.807) is 47.1 Å². The van der Waals surface area contributed by atoms with Crippen molar-refractivity contribution in [3.8, 4) is 0 Å². The lowest BCUT2D eigenvalue weighted by Gasteiger charge is -2.17. The molecule has 2 heterocycles. The highest BCUT2D eigenvalue weighted by molar-refractivity contribution is 6.33. The molecule has 0 aliphatic carbocycles. The highest BCUT2D eigenvalue weighted by Gasteiger charge is 2.36. The molecule has 1 aromatic heterocycles. The van der Waals surface area contributed by atoms with Crippen molar-refractivity contribution in [2.45, 2.75) is 6.42 Å². The maximum Gasteiger partial charge on any atom is 0.231 e. The van der Waals surface area contributed by atoms with E-state index in [1.165, 1.54) is 0 Å². The van der Waals surface area contributed by atoms with Crippen LogP contribution in [0.4, 0.5) is 11.5 Å². The quantitative estimate of drug-likeness (QED) is 0.942. The molecule has 1 aliphatic heterocycles. The third kappa shape index (κ3) is 2.82. The summed E-state index contributed by atoms with van der Waals surface area (Å²) in [5.41, 5.74) is 0.641. The molecule has 1 aliphatic rings. The van der Waals surface area contributed by atoms with Gasteiger partial charge < -0.3 is 10.2 Å². The predicted octanol–water partition coefficient (Wildman–Crippen LogP) is 2.07. The molecule has 22 heavy (non-hydrogen) atoms.